The van der Waals surface area contributed by atoms with Gasteiger partial charge in [-0.3, -0.25) is 9.78 Å². The fourth-order valence-electron chi connectivity index (χ4n) is 1.57. The number of ether oxygens (including phenoxy) is 1. The van der Waals surface area contributed by atoms with E-state index in [9.17, 15) is 4.79 Å². The van der Waals surface area contributed by atoms with Gasteiger partial charge in [-0.2, -0.15) is 5.26 Å². The molecule has 0 bridgehead atoms. The van der Waals surface area contributed by atoms with Gasteiger partial charge in [0, 0.05) is 5.69 Å². The molecule has 2 rings (SSSR count). The molecule has 1 N–H and O–H groups in total. The van der Waals surface area contributed by atoms with Crippen molar-refractivity contribution in [2.24, 2.45) is 0 Å². The number of aryl methyl sites for hydroxylation is 1. The molecule has 0 saturated heterocycles. The number of aromatic nitrogens is 1. The Kier molecular flexibility index (Phi) is 4.30. The zero-order valence-electron chi connectivity index (χ0n) is 11.0. The Morgan fingerprint density at radius 1 is 1.35 bits per heavy atom. The Morgan fingerprint density at radius 2 is 2.15 bits per heavy atom. The summed E-state index contributed by atoms with van der Waals surface area (Å²) in [5.41, 5.74) is 1.89. The predicted octanol–water partition coefficient (Wildman–Crippen LogP) is 2.28. The van der Waals surface area contributed by atoms with E-state index in [0.717, 1.165) is 5.69 Å². The zero-order chi connectivity index (χ0) is 14.4. The maximum absolute atomic E-state index is 11.7. The molecule has 0 spiro atoms. The molecule has 2 aromatic rings. The number of nitriles is 1. The minimum atomic E-state index is -0.302. The van der Waals surface area contributed by atoms with Crippen LogP contribution in [0.2, 0.25) is 0 Å². The molecule has 0 fully saturated rings. The van der Waals surface area contributed by atoms with Gasteiger partial charge >= 0.3 is 0 Å². The number of pyridine rings is 1. The summed E-state index contributed by atoms with van der Waals surface area (Å²) in [4.78, 5) is 15.8. The highest BCUT2D eigenvalue weighted by atomic mass is 16.5. The molecule has 0 saturated carbocycles. The minimum Gasteiger partial charge on any atom is -0.482 e. The molecule has 1 aromatic heterocycles. The first-order valence-corrected chi connectivity index (χ1v) is 6.03. The van der Waals surface area contributed by atoms with Gasteiger partial charge in [0.1, 0.15) is 11.8 Å². The molecule has 1 amide bonds. The summed E-state index contributed by atoms with van der Waals surface area (Å²) in [6.07, 6.45) is 1.58. The first-order valence-electron chi connectivity index (χ1n) is 6.03. The third kappa shape index (κ3) is 3.56. The van der Waals surface area contributed by atoms with Crippen LogP contribution < -0.4 is 10.1 Å². The van der Waals surface area contributed by atoms with Crippen molar-refractivity contribution in [1.29, 1.82) is 5.26 Å². The van der Waals surface area contributed by atoms with Gasteiger partial charge in [0.05, 0.1) is 17.4 Å². The maximum atomic E-state index is 11.7. The molecule has 0 aliphatic heterocycles. The third-order valence-electron chi connectivity index (χ3n) is 2.56. The number of carbonyl (C=O) groups excluding carboxylic acids is 1. The standard InChI is InChI=1S/C15H13N3O2/c1-11-6-7-13(9-17-11)18-15(19)10-20-14-5-3-2-4-12(14)8-16/h2-7,9H,10H2,1H3,(H,18,19). The number of nitrogens with one attached hydrogen (secondary N) is 1. The van der Waals surface area contributed by atoms with Crippen LogP contribution in [0.25, 0.3) is 0 Å². The number of hydrogen-bond donors (Lipinski definition) is 1. The summed E-state index contributed by atoms with van der Waals surface area (Å²) in [6, 6.07) is 12.4. The van der Waals surface area contributed by atoms with Gasteiger partial charge in [-0.1, -0.05) is 12.1 Å². The van der Waals surface area contributed by atoms with Crippen molar-refractivity contribution >= 4 is 11.6 Å². The number of anilines is 1. The van der Waals surface area contributed by atoms with Gasteiger partial charge in [0.2, 0.25) is 0 Å². The Balaban J connectivity index is 1.92. The number of rotatable bonds is 4. The number of para-hydroxylation sites is 1. The van der Waals surface area contributed by atoms with Crippen molar-refractivity contribution in [1.82, 2.24) is 4.98 Å². The maximum Gasteiger partial charge on any atom is 0.262 e. The Hall–Kier alpha value is -2.87. The Labute approximate surface area is 116 Å². The average Bonchev–Trinajstić information content (AvgIpc) is 2.48. The molecule has 100 valence electrons. The zero-order valence-corrected chi connectivity index (χ0v) is 11.0. The van der Waals surface area contributed by atoms with Gasteiger partial charge in [-0.25, -0.2) is 0 Å². The first-order chi connectivity index (χ1) is 9.69. The van der Waals surface area contributed by atoms with Crippen LogP contribution >= 0.6 is 0 Å². The van der Waals surface area contributed by atoms with E-state index in [4.69, 9.17) is 10.00 Å². The van der Waals surface area contributed by atoms with Crippen molar-refractivity contribution in [3.8, 4) is 11.8 Å². The van der Waals surface area contributed by atoms with Crippen LogP contribution in [0.15, 0.2) is 42.6 Å². The van der Waals surface area contributed by atoms with E-state index in [0.29, 0.717) is 17.0 Å². The third-order valence-corrected chi connectivity index (χ3v) is 2.56. The number of benzene rings is 1. The van der Waals surface area contributed by atoms with Crippen molar-refractivity contribution in [2.75, 3.05) is 11.9 Å². The fourth-order valence-corrected chi connectivity index (χ4v) is 1.57. The largest absolute Gasteiger partial charge is 0.482 e. The summed E-state index contributed by atoms with van der Waals surface area (Å²) >= 11 is 0. The van der Waals surface area contributed by atoms with E-state index in [1.54, 1.807) is 42.6 Å². The van der Waals surface area contributed by atoms with Crippen LogP contribution in [0, 0.1) is 18.3 Å². The lowest BCUT2D eigenvalue weighted by Gasteiger charge is -2.08. The van der Waals surface area contributed by atoms with Crippen molar-refractivity contribution in [3.05, 3.63) is 53.9 Å². The molecule has 5 heteroatoms. The van der Waals surface area contributed by atoms with Gasteiger partial charge in [0.25, 0.3) is 5.91 Å². The molecule has 20 heavy (non-hydrogen) atoms. The number of amides is 1. The molecule has 1 heterocycles. The molecular weight excluding hydrogens is 254 g/mol. The summed E-state index contributed by atoms with van der Waals surface area (Å²) in [6.45, 7) is 1.71. The molecule has 0 aliphatic carbocycles. The molecular formula is C15H13N3O2. The first kappa shape index (κ1) is 13.6. The lowest BCUT2D eigenvalue weighted by Crippen LogP contribution is -2.20. The van der Waals surface area contributed by atoms with Crippen LogP contribution in [0.5, 0.6) is 5.75 Å². The smallest absolute Gasteiger partial charge is 0.262 e. The van der Waals surface area contributed by atoms with Crippen LogP contribution in [-0.2, 0) is 4.79 Å². The topological polar surface area (TPSA) is 75.0 Å². The van der Waals surface area contributed by atoms with E-state index >= 15 is 0 Å². The van der Waals surface area contributed by atoms with Crippen LogP contribution in [-0.4, -0.2) is 17.5 Å². The van der Waals surface area contributed by atoms with Crippen LogP contribution in [0.4, 0.5) is 5.69 Å². The molecule has 1 aromatic carbocycles. The van der Waals surface area contributed by atoms with E-state index in [1.165, 1.54) is 0 Å². The van der Waals surface area contributed by atoms with Crippen LogP contribution in [0.3, 0.4) is 0 Å². The average molecular weight is 267 g/mol. The minimum absolute atomic E-state index is 0.160. The van der Waals surface area contributed by atoms with E-state index in [2.05, 4.69) is 10.3 Å². The van der Waals surface area contributed by atoms with Crippen LogP contribution in [0.1, 0.15) is 11.3 Å². The highest BCUT2D eigenvalue weighted by Gasteiger charge is 2.06. The summed E-state index contributed by atoms with van der Waals surface area (Å²) in [5.74, 6) is 0.0931. The molecule has 0 unspecified atom stereocenters. The fraction of sp³-hybridized carbons (Fsp3) is 0.133. The normalized spacial score (nSPS) is 9.60. The van der Waals surface area contributed by atoms with Gasteiger partial charge < -0.3 is 10.1 Å². The van der Waals surface area contributed by atoms with E-state index in [1.807, 2.05) is 13.0 Å². The second-order valence-electron chi connectivity index (χ2n) is 4.13. The SMILES string of the molecule is Cc1ccc(NC(=O)COc2ccccc2C#N)cn1. The summed E-state index contributed by atoms with van der Waals surface area (Å²) < 4.78 is 5.33. The van der Waals surface area contributed by atoms with Gasteiger partial charge in [0.15, 0.2) is 6.61 Å². The summed E-state index contributed by atoms with van der Waals surface area (Å²) in [5, 5.41) is 11.6. The molecule has 0 radical (unpaired) electrons. The number of nitrogens with zero attached hydrogens (tertiary/aromatic N) is 2. The summed E-state index contributed by atoms with van der Waals surface area (Å²) in [7, 11) is 0. The van der Waals surface area contributed by atoms with Crippen molar-refractivity contribution in [2.45, 2.75) is 6.92 Å². The second-order valence-corrected chi connectivity index (χ2v) is 4.13. The van der Waals surface area contributed by atoms with Gasteiger partial charge in [-0.15, -0.1) is 0 Å². The lowest BCUT2D eigenvalue weighted by atomic mass is 10.2. The number of carbonyl (C=O) groups is 1. The Bertz CT molecular complexity index is 645. The molecule has 5 nitrogen and oxygen atoms in total. The Morgan fingerprint density at radius 3 is 2.85 bits per heavy atom. The highest BCUT2D eigenvalue weighted by molar-refractivity contribution is 5.91. The van der Waals surface area contributed by atoms with E-state index in [-0.39, 0.29) is 12.5 Å². The van der Waals surface area contributed by atoms with Crippen molar-refractivity contribution in [3.63, 3.8) is 0 Å². The highest BCUT2D eigenvalue weighted by Crippen LogP contribution is 2.16. The van der Waals surface area contributed by atoms with E-state index < -0.39 is 0 Å². The quantitative estimate of drug-likeness (QED) is 0.922. The lowest BCUT2D eigenvalue weighted by molar-refractivity contribution is -0.118. The molecule has 0 aliphatic rings. The van der Waals surface area contributed by atoms with Crippen molar-refractivity contribution < 1.29 is 9.53 Å². The molecule has 0 atom stereocenters. The van der Waals surface area contributed by atoms with Gasteiger partial charge in [-0.05, 0) is 31.2 Å². The predicted molar refractivity (Wildman–Crippen MR) is 74.3 cm³/mol. The monoisotopic (exact) mass is 267 g/mol. The number of hydrogen-bond acceptors (Lipinski definition) is 4. The second kappa shape index (κ2) is 6.34.